The van der Waals surface area contributed by atoms with Crippen LogP contribution >= 0.6 is 0 Å². The van der Waals surface area contributed by atoms with E-state index < -0.39 is 54.4 Å². The van der Waals surface area contributed by atoms with E-state index in [1.807, 2.05) is 36.4 Å². The van der Waals surface area contributed by atoms with Gasteiger partial charge in [0.15, 0.2) is 0 Å². The summed E-state index contributed by atoms with van der Waals surface area (Å²) in [6, 6.07) is 11.5. The molecule has 0 bridgehead atoms. The minimum atomic E-state index is -0.593. The first-order chi connectivity index (χ1) is 22.0. The van der Waals surface area contributed by atoms with Gasteiger partial charge in [0.25, 0.3) is 0 Å². The Kier molecular flexibility index (Phi) is 2.22. The lowest BCUT2D eigenvalue weighted by molar-refractivity contribution is 0.673. The first kappa shape index (κ1) is 11.2. The Morgan fingerprint density at radius 3 is 2.26 bits per heavy atom. The summed E-state index contributed by atoms with van der Waals surface area (Å²) in [6.07, 6.45) is 0. The summed E-state index contributed by atoms with van der Waals surface area (Å²) >= 11 is 0. The van der Waals surface area contributed by atoms with Crippen molar-refractivity contribution in [3.05, 3.63) is 121 Å². The van der Waals surface area contributed by atoms with E-state index in [1.165, 1.54) is 0 Å². The Hall–Kier alpha value is -4.62. The van der Waals surface area contributed by atoms with Crippen LogP contribution in [0.3, 0.4) is 0 Å². The monoisotopic (exact) mass is 455 g/mol. The van der Waals surface area contributed by atoms with Crippen LogP contribution in [0.25, 0.3) is 76.2 Å². The van der Waals surface area contributed by atoms with E-state index in [0.29, 0.717) is 22.1 Å². The fourth-order valence-corrected chi connectivity index (χ4v) is 4.87. The van der Waals surface area contributed by atoms with Gasteiger partial charge in [0.1, 0.15) is 11.2 Å². The van der Waals surface area contributed by atoms with Crippen molar-refractivity contribution in [1.82, 2.24) is 0 Å². The third-order valence-corrected chi connectivity index (χ3v) is 6.47. The Bertz CT molecular complexity index is 2710. The maximum atomic E-state index is 9.50. The molecule has 0 aliphatic rings. The van der Waals surface area contributed by atoms with Crippen molar-refractivity contribution in [1.29, 1.82) is 0 Å². The summed E-state index contributed by atoms with van der Waals surface area (Å²) in [5, 5.41) is 2.01. The van der Waals surface area contributed by atoms with E-state index in [1.54, 1.807) is 18.2 Å². The van der Waals surface area contributed by atoms with Gasteiger partial charge in [-0.25, -0.2) is 0 Å². The molecule has 8 rings (SSSR count). The predicted molar refractivity (Wildman–Crippen MR) is 149 cm³/mol. The van der Waals surface area contributed by atoms with Crippen LogP contribution in [0.1, 0.15) is 15.1 Å². The van der Waals surface area contributed by atoms with Crippen molar-refractivity contribution < 1.29 is 19.5 Å². The zero-order valence-corrected chi connectivity index (χ0v) is 18.1. The molecule has 1 nitrogen and oxygen atoms in total. The van der Waals surface area contributed by atoms with E-state index in [-0.39, 0.29) is 50.0 Å². The van der Waals surface area contributed by atoms with Crippen molar-refractivity contribution in [3.8, 4) is 11.1 Å². The van der Waals surface area contributed by atoms with Crippen LogP contribution in [-0.2, 0) is 0 Å². The smallest absolute Gasteiger partial charge is 0.143 e. The maximum Gasteiger partial charge on any atom is 0.143 e. The molecule has 0 saturated heterocycles. The fraction of sp³-hybridized carbons (Fsp3) is 0. The van der Waals surface area contributed by atoms with Gasteiger partial charge in [-0.2, -0.15) is 0 Å². The summed E-state index contributed by atoms with van der Waals surface area (Å²) in [6.45, 7) is 0. The molecule has 0 N–H and O–H groups in total. The summed E-state index contributed by atoms with van der Waals surface area (Å²) in [5.74, 6) is 0. The summed E-state index contributed by atoms with van der Waals surface area (Å²) in [4.78, 5) is 0. The highest BCUT2D eigenvalue weighted by Crippen LogP contribution is 2.40. The molecule has 1 heteroatoms. The molecule has 0 radical (unpaired) electrons. The van der Waals surface area contributed by atoms with Crippen LogP contribution in [0, 0.1) is 0 Å². The highest BCUT2D eigenvalue weighted by atomic mass is 16.3. The Labute approximate surface area is 217 Å². The number of hydrogen-bond acceptors (Lipinski definition) is 1. The first-order valence-corrected chi connectivity index (χ1v) is 11.1. The molecule has 162 valence electrons. The molecule has 0 atom stereocenters. The average molecular weight is 456 g/mol. The normalized spacial score (nSPS) is 16.4. The summed E-state index contributed by atoms with van der Waals surface area (Å²) in [5.41, 5.74) is 1.58. The number of fused-ring (bicyclic) bond motifs is 9. The second kappa shape index (κ2) is 6.94. The van der Waals surface area contributed by atoms with Crippen LogP contribution in [0.4, 0.5) is 0 Å². The highest BCUT2D eigenvalue weighted by molar-refractivity contribution is 6.20. The third kappa shape index (κ3) is 2.70. The maximum absolute atomic E-state index is 9.50. The van der Waals surface area contributed by atoms with Crippen LogP contribution < -0.4 is 0 Å². The van der Waals surface area contributed by atoms with E-state index in [0.717, 1.165) is 16.2 Å². The van der Waals surface area contributed by atoms with Crippen molar-refractivity contribution in [2.75, 3.05) is 0 Å². The molecule has 0 aliphatic heterocycles. The molecule has 0 unspecified atom stereocenters. The zero-order chi connectivity index (χ0) is 32.5. The number of furan rings is 1. The fourth-order valence-electron chi connectivity index (χ4n) is 4.87. The molecular formula is C34H20O. The summed E-state index contributed by atoms with van der Waals surface area (Å²) < 4.78 is 103. The van der Waals surface area contributed by atoms with E-state index in [4.69, 9.17) is 16.8 Å². The Morgan fingerprint density at radius 1 is 0.514 bits per heavy atom. The van der Waals surface area contributed by atoms with Gasteiger partial charge in [0.2, 0.25) is 0 Å². The molecule has 7 aromatic carbocycles. The first-order valence-electron chi connectivity index (χ1n) is 16.6. The quantitative estimate of drug-likeness (QED) is 0.177. The van der Waals surface area contributed by atoms with Gasteiger partial charge >= 0.3 is 0 Å². The molecule has 35 heavy (non-hydrogen) atoms. The molecule has 0 aliphatic carbocycles. The van der Waals surface area contributed by atoms with Gasteiger partial charge in [-0.05, 0) is 79.1 Å². The van der Waals surface area contributed by atoms with Crippen LogP contribution in [0.2, 0.25) is 0 Å². The Balaban J connectivity index is 1.61. The molecular weight excluding hydrogens is 424 g/mol. The number of rotatable bonds is 1. The van der Waals surface area contributed by atoms with Crippen LogP contribution in [0.5, 0.6) is 0 Å². The predicted octanol–water partition coefficient (Wildman–Crippen LogP) is 9.87. The Morgan fingerprint density at radius 2 is 1.31 bits per heavy atom. The second-order valence-electron chi connectivity index (χ2n) is 8.44. The molecule has 1 aromatic heterocycles. The second-order valence-corrected chi connectivity index (χ2v) is 8.44. The van der Waals surface area contributed by atoms with Crippen molar-refractivity contribution in [2.45, 2.75) is 0 Å². The van der Waals surface area contributed by atoms with Gasteiger partial charge in [0.05, 0.1) is 15.1 Å². The minimum absolute atomic E-state index is 0.0402. The zero-order valence-electron chi connectivity index (χ0n) is 29.1. The average Bonchev–Trinajstić information content (AvgIpc) is 3.44. The van der Waals surface area contributed by atoms with Crippen LogP contribution in [0.15, 0.2) is 125 Å². The van der Waals surface area contributed by atoms with Crippen molar-refractivity contribution in [2.24, 2.45) is 0 Å². The van der Waals surface area contributed by atoms with Gasteiger partial charge in [-0.3, -0.25) is 0 Å². The lowest BCUT2D eigenvalue weighted by Gasteiger charge is -2.10. The molecule has 0 spiro atoms. The van der Waals surface area contributed by atoms with Gasteiger partial charge in [0, 0.05) is 16.2 Å². The topological polar surface area (TPSA) is 13.1 Å². The van der Waals surface area contributed by atoms with Gasteiger partial charge < -0.3 is 4.42 Å². The minimum Gasteiger partial charge on any atom is -0.455 e. The van der Waals surface area contributed by atoms with E-state index in [2.05, 4.69) is 0 Å². The molecule has 0 saturated carbocycles. The third-order valence-electron chi connectivity index (χ3n) is 6.47. The number of hydrogen-bond donors (Lipinski definition) is 0. The van der Waals surface area contributed by atoms with Crippen molar-refractivity contribution in [3.63, 3.8) is 0 Å². The largest absolute Gasteiger partial charge is 0.455 e. The SMILES string of the molecule is [2H]c1c([2H])c([2H])c2c([2H])c3c(c([2H])c([2H])c4c([2H])c([2H])c(-c5cccc6oc7c8ccccc8ccc7c56)c([2H])c43)c([2H])c2c1[2H]. The van der Waals surface area contributed by atoms with Gasteiger partial charge in [-0.1, -0.05) is 90.8 Å². The van der Waals surface area contributed by atoms with E-state index >= 15 is 0 Å². The van der Waals surface area contributed by atoms with Crippen LogP contribution in [-0.4, -0.2) is 0 Å². The standard InChI is InChI=1S/C34H20O/c1-2-8-24-19-31-25(18-23(24)7-1)14-12-22-13-15-26(20-30(22)31)27-10-5-11-32-33(27)29-17-16-21-6-3-4-9-28(21)34(29)35-32/h1-20H/i1D,2D,7D,8D,12D,13D,14D,15D,18D,19D,20D. The summed E-state index contributed by atoms with van der Waals surface area (Å²) in [7, 11) is 0. The molecule has 0 amide bonds. The molecule has 0 fully saturated rings. The van der Waals surface area contributed by atoms with Gasteiger partial charge in [-0.15, -0.1) is 0 Å². The number of benzene rings is 7. The molecule has 1 heterocycles. The van der Waals surface area contributed by atoms with E-state index in [9.17, 15) is 2.74 Å². The lowest BCUT2D eigenvalue weighted by Crippen LogP contribution is -1.83. The molecule has 8 aromatic rings. The van der Waals surface area contributed by atoms with Crippen molar-refractivity contribution >= 4 is 65.0 Å². The highest BCUT2D eigenvalue weighted by Gasteiger charge is 2.15. The lowest BCUT2D eigenvalue weighted by atomic mass is 9.93.